The normalized spacial score (nSPS) is 13.8. The molecule has 0 amide bonds. The SMILES string of the molecule is CCCCCCC(C)NS(=O)(=O)CCCCO. The number of hydrogen-bond acceptors (Lipinski definition) is 3. The molecular weight excluding hydrogens is 238 g/mol. The summed E-state index contributed by atoms with van der Waals surface area (Å²) in [6, 6.07) is 0.0194. The average molecular weight is 265 g/mol. The van der Waals surface area contributed by atoms with Crippen LogP contribution in [0.4, 0.5) is 0 Å². The highest BCUT2D eigenvalue weighted by Gasteiger charge is 2.13. The van der Waals surface area contributed by atoms with Crippen LogP contribution in [0.1, 0.15) is 58.8 Å². The maximum absolute atomic E-state index is 11.6. The van der Waals surface area contributed by atoms with Crippen LogP contribution in [-0.4, -0.2) is 31.9 Å². The zero-order valence-corrected chi connectivity index (χ0v) is 11.9. The summed E-state index contributed by atoms with van der Waals surface area (Å²) >= 11 is 0. The van der Waals surface area contributed by atoms with Gasteiger partial charge in [-0.3, -0.25) is 0 Å². The first-order chi connectivity index (χ1) is 8.02. The largest absolute Gasteiger partial charge is 0.396 e. The summed E-state index contributed by atoms with van der Waals surface area (Å²) in [4.78, 5) is 0. The Bertz CT molecular complexity index is 265. The molecule has 0 spiro atoms. The second kappa shape index (κ2) is 9.85. The molecule has 1 atom stereocenters. The smallest absolute Gasteiger partial charge is 0.211 e. The third-order valence-electron chi connectivity index (χ3n) is 2.69. The first kappa shape index (κ1) is 16.9. The van der Waals surface area contributed by atoms with Crippen LogP contribution in [0.2, 0.25) is 0 Å². The summed E-state index contributed by atoms with van der Waals surface area (Å²) < 4.78 is 25.9. The van der Waals surface area contributed by atoms with Crippen molar-refractivity contribution in [2.24, 2.45) is 0 Å². The topological polar surface area (TPSA) is 66.4 Å². The highest BCUT2D eigenvalue weighted by atomic mass is 32.2. The van der Waals surface area contributed by atoms with E-state index >= 15 is 0 Å². The standard InChI is InChI=1S/C12H27NO3S/c1-3-4-5-6-9-12(2)13-17(15,16)11-8-7-10-14/h12-14H,3-11H2,1-2H3. The monoisotopic (exact) mass is 265 g/mol. The van der Waals surface area contributed by atoms with Crippen LogP contribution < -0.4 is 4.72 Å². The maximum Gasteiger partial charge on any atom is 0.211 e. The lowest BCUT2D eigenvalue weighted by Gasteiger charge is -2.13. The number of hydrogen-bond donors (Lipinski definition) is 2. The van der Waals surface area contributed by atoms with E-state index in [4.69, 9.17) is 5.11 Å². The molecule has 0 aliphatic rings. The summed E-state index contributed by atoms with van der Waals surface area (Å²) in [6.07, 6.45) is 6.64. The maximum atomic E-state index is 11.6. The van der Waals surface area contributed by atoms with Gasteiger partial charge in [-0.05, 0) is 26.2 Å². The van der Waals surface area contributed by atoms with E-state index in [0.29, 0.717) is 12.8 Å². The van der Waals surface area contributed by atoms with E-state index in [1.807, 2.05) is 6.92 Å². The number of unbranched alkanes of at least 4 members (excludes halogenated alkanes) is 4. The lowest BCUT2D eigenvalue weighted by Crippen LogP contribution is -2.34. The fourth-order valence-corrected chi connectivity index (χ4v) is 3.14. The Hall–Kier alpha value is -0.130. The van der Waals surface area contributed by atoms with Gasteiger partial charge in [0.15, 0.2) is 0 Å². The van der Waals surface area contributed by atoms with Gasteiger partial charge in [-0.1, -0.05) is 32.6 Å². The van der Waals surface area contributed by atoms with E-state index in [1.165, 1.54) is 19.3 Å². The number of sulfonamides is 1. The predicted molar refractivity (Wildman–Crippen MR) is 71.5 cm³/mol. The number of nitrogens with one attached hydrogen (secondary N) is 1. The van der Waals surface area contributed by atoms with Crippen molar-refractivity contribution < 1.29 is 13.5 Å². The lowest BCUT2D eigenvalue weighted by atomic mass is 10.1. The van der Waals surface area contributed by atoms with Crippen LogP contribution in [0, 0.1) is 0 Å². The van der Waals surface area contributed by atoms with Crippen LogP contribution in [0.15, 0.2) is 0 Å². The first-order valence-electron chi connectivity index (χ1n) is 6.62. The third-order valence-corrected chi connectivity index (χ3v) is 4.28. The molecule has 0 heterocycles. The molecule has 0 saturated carbocycles. The minimum absolute atomic E-state index is 0.0194. The van der Waals surface area contributed by atoms with Crippen molar-refractivity contribution in [2.45, 2.75) is 64.8 Å². The Balaban J connectivity index is 3.73. The van der Waals surface area contributed by atoms with Gasteiger partial charge < -0.3 is 5.11 Å². The van der Waals surface area contributed by atoms with Crippen molar-refractivity contribution in [1.82, 2.24) is 4.72 Å². The molecule has 0 aliphatic heterocycles. The second-order valence-corrected chi connectivity index (χ2v) is 6.49. The number of rotatable bonds is 11. The average Bonchev–Trinajstić information content (AvgIpc) is 2.24. The summed E-state index contributed by atoms with van der Waals surface area (Å²) in [6.45, 7) is 4.13. The van der Waals surface area contributed by atoms with Gasteiger partial charge in [0.1, 0.15) is 0 Å². The first-order valence-corrected chi connectivity index (χ1v) is 8.28. The van der Waals surface area contributed by atoms with Crippen LogP contribution in [-0.2, 0) is 10.0 Å². The Morgan fingerprint density at radius 1 is 1.12 bits per heavy atom. The summed E-state index contributed by atoms with van der Waals surface area (Å²) in [5, 5.41) is 8.60. The summed E-state index contributed by atoms with van der Waals surface area (Å²) in [5.41, 5.74) is 0. The van der Waals surface area contributed by atoms with Crippen LogP contribution >= 0.6 is 0 Å². The van der Waals surface area contributed by atoms with Gasteiger partial charge in [0.25, 0.3) is 0 Å². The fraction of sp³-hybridized carbons (Fsp3) is 1.00. The molecule has 0 aromatic carbocycles. The molecule has 0 aromatic heterocycles. The molecule has 104 valence electrons. The molecule has 0 rings (SSSR count). The van der Waals surface area contributed by atoms with Gasteiger partial charge in [0, 0.05) is 12.6 Å². The van der Waals surface area contributed by atoms with Crippen molar-refractivity contribution in [3.8, 4) is 0 Å². The molecule has 17 heavy (non-hydrogen) atoms. The van der Waals surface area contributed by atoms with E-state index in [9.17, 15) is 8.42 Å². The Labute approximate surface area is 106 Å². The molecule has 0 saturated heterocycles. The van der Waals surface area contributed by atoms with Crippen LogP contribution in [0.5, 0.6) is 0 Å². The minimum Gasteiger partial charge on any atom is -0.396 e. The minimum atomic E-state index is -3.16. The highest BCUT2D eigenvalue weighted by Crippen LogP contribution is 2.06. The van der Waals surface area contributed by atoms with Crippen molar-refractivity contribution in [2.75, 3.05) is 12.4 Å². The second-order valence-electron chi connectivity index (χ2n) is 4.62. The molecule has 0 aromatic rings. The molecule has 0 bridgehead atoms. The molecular formula is C12H27NO3S. The quantitative estimate of drug-likeness (QED) is 0.562. The highest BCUT2D eigenvalue weighted by molar-refractivity contribution is 7.89. The molecule has 0 aliphatic carbocycles. The van der Waals surface area contributed by atoms with E-state index in [-0.39, 0.29) is 18.4 Å². The molecule has 2 N–H and O–H groups in total. The van der Waals surface area contributed by atoms with Gasteiger partial charge in [0.05, 0.1) is 5.75 Å². The van der Waals surface area contributed by atoms with Crippen molar-refractivity contribution in [3.05, 3.63) is 0 Å². The van der Waals surface area contributed by atoms with Gasteiger partial charge in [0.2, 0.25) is 10.0 Å². The Morgan fingerprint density at radius 3 is 2.41 bits per heavy atom. The number of aliphatic hydroxyl groups is 1. The molecule has 0 radical (unpaired) electrons. The van der Waals surface area contributed by atoms with Crippen LogP contribution in [0.3, 0.4) is 0 Å². The van der Waals surface area contributed by atoms with E-state index in [0.717, 1.165) is 12.8 Å². The van der Waals surface area contributed by atoms with Crippen molar-refractivity contribution in [1.29, 1.82) is 0 Å². The van der Waals surface area contributed by atoms with E-state index in [2.05, 4.69) is 11.6 Å². The van der Waals surface area contributed by atoms with Gasteiger partial charge in [-0.2, -0.15) is 0 Å². The predicted octanol–water partition coefficient (Wildman–Crippen LogP) is 2.04. The van der Waals surface area contributed by atoms with E-state index in [1.54, 1.807) is 0 Å². The molecule has 4 nitrogen and oxygen atoms in total. The Kier molecular flexibility index (Phi) is 9.78. The molecule has 0 fully saturated rings. The van der Waals surface area contributed by atoms with Crippen molar-refractivity contribution in [3.63, 3.8) is 0 Å². The van der Waals surface area contributed by atoms with Gasteiger partial charge in [-0.15, -0.1) is 0 Å². The number of aliphatic hydroxyl groups excluding tert-OH is 1. The van der Waals surface area contributed by atoms with Crippen molar-refractivity contribution >= 4 is 10.0 Å². The van der Waals surface area contributed by atoms with Gasteiger partial charge >= 0.3 is 0 Å². The zero-order chi connectivity index (χ0) is 13.1. The molecule has 5 heteroatoms. The fourth-order valence-electron chi connectivity index (χ4n) is 1.71. The van der Waals surface area contributed by atoms with Crippen LogP contribution in [0.25, 0.3) is 0 Å². The molecule has 1 unspecified atom stereocenters. The summed E-state index contributed by atoms with van der Waals surface area (Å²) in [7, 11) is -3.16. The van der Waals surface area contributed by atoms with E-state index < -0.39 is 10.0 Å². The van der Waals surface area contributed by atoms with Gasteiger partial charge in [-0.25, -0.2) is 13.1 Å². The lowest BCUT2D eigenvalue weighted by molar-refractivity contribution is 0.287. The Morgan fingerprint density at radius 2 is 1.82 bits per heavy atom. The summed E-state index contributed by atoms with van der Waals surface area (Å²) in [5.74, 6) is 0.118. The zero-order valence-electron chi connectivity index (χ0n) is 11.1. The third kappa shape index (κ3) is 10.7.